The van der Waals surface area contributed by atoms with E-state index in [1.807, 2.05) is 19.0 Å². The fraction of sp³-hybridized carbons (Fsp3) is 0.455. The predicted molar refractivity (Wildman–Crippen MR) is 68.4 cm³/mol. The first-order chi connectivity index (χ1) is 8.16. The summed E-state index contributed by atoms with van der Waals surface area (Å²) in [5.41, 5.74) is 8.31. The number of aryl methyl sites for hydroxylation is 1. The summed E-state index contributed by atoms with van der Waals surface area (Å²) in [6.45, 7) is 0. The van der Waals surface area contributed by atoms with E-state index in [9.17, 15) is 0 Å². The number of rotatable bonds is 2. The summed E-state index contributed by atoms with van der Waals surface area (Å²) in [7, 11) is 3.77. The first-order valence-corrected chi connectivity index (χ1v) is 6.40. The average Bonchev–Trinajstić information content (AvgIpc) is 2.91. The summed E-state index contributed by atoms with van der Waals surface area (Å²) in [6, 6.07) is 0. The fourth-order valence-electron chi connectivity index (χ4n) is 2.16. The van der Waals surface area contributed by atoms with Crippen molar-refractivity contribution in [2.75, 3.05) is 24.7 Å². The van der Waals surface area contributed by atoms with E-state index in [0.717, 1.165) is 23.4 Å². The summed E-state index contributed by atoms with van der Waals surface area (Å²) in [5.74, 6) is 1.13. The topological polar surface area (TPSA) is 68.2 Å². The minimum Gasteiger partial charge on any atom is -0.390 e. The smallest absolute Gasteiger partial charge is 0.265 e. The van der Waals surface area contributed by atoms with Gasteiger partial charge < -0.3 is 15.2 Å². The summed E-state index contributed by atoms with van der Waals surface area (Å²) < 4.78 is 5.30. The Kier molecular flexibility index (Phi) is 2.32. The van der Waals surface area contributed by atoms with Crippen molar-refractivity contribution in [3.8, 4) is 11.5 Å². The quantitative estimate of drug-likeness (QED) is 0.882. The zero-order valence-corrected chi connectivity index (χ0v) is 10.7. The standard InChI is InChI=1S/C11H14N4OS/c1-15(2)11-13-10(16-14-11)8-6-4-3-5-7(6)17-9(8)12/h3-5,12H2,1-2H3. The molecule has 0 fully saturated rings. The number of fused-ring (bicyclic) bond motifs is 1. The maximum absolute atomic E-state index is 6.05. The second kappa shape index (κ2) is 3.73. The van der Waals surface area contributed by atoms with Crippen LogP contribution >= 0.6 is 11.3 Å². The molecule has 2 aromatic heterocycles. The minimum absolute atomic E-state index is 0.547. The van der Waals surface area contributed by atoms with Crippen LogP contribution in [0, 0.1) is 0 Å². The molecule has 5 nitrogen and oxygen atoms in total. The van der Waals surface area contributed by atoms with Crippen molar-refractivity contribution < 1.29 is 4.52 Å². The normalized spacial score (nSPS) is 14.0. The lowest BCUT2D eigenvalue weighted by Crippen LogP contribution is -2.10. The van der Waals surface area contributed by atoms with Gasteiger partial charge in [0.2, 0.25) is 0 Å². The van der Waals surface area contributed by atoms with E-state index in [-0.39, 0.29) is 0 Å². The van der Waals surface area contributed by atoms with E-state index in [4.69, 9.17) is 10.3 Å². The van der Waals surface area contributed by atoms with Crippen LogP contribution in [0.2, 0.25) is 0 Å². The molecule has 17 heavy (non-hydrogen) atoms. The third kappa shape index (κ3) is 1.59. The van der Waals surface area contributed by atoms with Gasteiger partial charge in [-0.1, -0.05) is 0 Å². The van der Waals surface area contributed by atoms with Crippen molar-refractivity contribution in [2.45, 2.75) is 19.3 Å². The zero-order chi connectivity index (χ0) is 12.0. The Morgan fingerprint density at radius 2 is 2.18 bits per heavy atom. The summed E-state index contributed by atoms with van der Waals surface area (Å²) in [6.07, 6.45) is 3.39. The van der Waals surface area contributed by atoms with Crippen molar-refractivity contribution in [3.05, 3.63) is 10.4 Å². The van der Waals surface area contributed by atoms with Gasteiger partial charge in [0.15, 0.2) is 0 Å². The maximum Gasteiger partial charge on any atom is 0.265 e. The van der Waals surface area contributed by atoms with Crippen molar-refractivity contribution in [1.29, 1.82) is 0 Å². The van der Waals surface area contributed by atoms with Gasteiger partial charge in [-0.2, -0.15) is 4.98 Å². The molecule has 2 aromatic rings. The van der Waals surface area contributed by atoms with E-state index < -0.39 is 0 Å². The summed E-state index contributed by atoms with van der Waals surface area (Å²) in [5, 5.41) is 4.72. The Morgan fingerprint density at radius 3 is 2.88 bits per heavy atom. The number of nitrogens with two attached hydrogens (primary N) is 1. The number of hydrogen-bond donors (Lipinski definition) is 1. The molecular weight excluding hydrogens is 236 g/mol. The Hall–Kier alpha value is -1.56. The van der Waals surface area contributed by atoms with E-state index in [2.05, 4.69) is 10.1 Å². The van der Waals surface area contributed by atoms with E-state index in [1.165, 1.54) is 16.9 Å². The van der Waals surface area contributed by atoms with Crippen LogP contribution in [0.5, 0.6) is 0 Å². The van der Waals surface area contributed by atoms with Gasteiger partial charge in [0.25, 0.3) is 11.8 Å². The Labute approximate surface area is 103 Å². The van der Waals surface area contributed by atoms with Crippen molar-refractivity contribution >= 4 is 22.3 Å². The lowest BCUT2D eigenvalue weighted by atomic mass is 10.1. The van der Waals surface area contributed by atoms with Crippen LogP contribution in [-0.4, -0.2) is 24.2 Å². The molecule has 0 saturated heterocycles. The number of thiophene rings is 1. The molecule has 90 valence electrons. The average molecular weight is 250 g/mol. The monoisotopic (exact) mass is 250 g/mol. The molecule has 0 spiro atoms. The summed E-state index contributed by atoms with van der Waals surface area (Å²) in [4.78, 5) is 7.56. The first kappa shape index (κ1) is 10.6. The molecule has 6 heteroatoms. The van der Waals surface area contributed by atoms with Gasteiger partial charge >= 0.3 is 0 Å². The SMILES string of the molecule is CN(C)c1noc(-c2c(N)sc3c2CCC3)n1. The second-order valence-corrected chi connectivity index (χ2v) is 5.53. The molecule has 0 bridgehead atoms. The van der Waals surface area contributed by atoms with E-state index >= 15 is 0 Å². The molecular formula is C11H14N4OS. The highest BCUT2D eigenvalue weighted by atomic mass is 32.1. The van der Waals surface area contributed by atoms with Crippen LogP contribution in [-0.2, 0) is 12.8 Å². The first-order valence-electron chi connectivity index (χ1n) is 5.58. The van der Waals surface area contributed by atoms with E-state index in [0.29, 0.717) is 11.8 Å². The number of hydrogen-bond acceptors (Lipinski definition) is 6. The molecule has 2 N–H and O–H groups in total. The number of nitrogen functional groups attached to an aromatic ring is 1. The largest absolute Gasteiger partial charge is 0.390 e. The van der Waals surface area contributed by atoms with Gasteiger partial charge in [0.1, 0.15) is 0 Å². The van der Waals surface area contributed by atoms with Crippen molar-refractivity contribution in [1.82, 2.24) is 10.1 Å². The van der Waals surface area contributed by atoms with Gasteiger partial charge in [0, 0.05) is 19.0 Å². The minimum atomic E-state index is 0.547. The molecule has 0 aromatic carbocycles. The Bertz CT molecular complexity index is 558. The highest BCUT2D eigenvalue weighted by Crippen LogP contribution is 2.42. The molecule has 1 aliphatic rings. The molecule has 0 unspecified atom stereocenters. The van der Waals surface area contributed by atoms with Gasteiger partial charge in [-0.15, -0.1) is 11.3 Å². The summed E-state index contributed by atoms with van der Waals surface area (Å²) >= 11 is 1.65. The second-order valence-electron chi connectivity index (χ2n) is 4.39. The van der Waals surface area contributed by atoms with Crippen LogP contribution in [0.1, 0.15) is 16.9 Å². The molecule has 0 atom stereocenters. The molecule has 1 aliphatic carbocycles. The van der Waals surface area contributed by atoms with Crippen LogP contribution < -0.4 is 10.6 Å². The number of anilines is 2. The van der Waals surface area contributed by atoms with Crippen LogP contribution in [0.4, 0.5) is 10.9 Å². The Morgan fingerprint density at radius 1 is 1.35 bits per heavy atom. The molecule has 0 radical (unpaired) electrons. The Balaban J connectivity index is 2.08. The molecule has 0 amide bonds. The number of aromatic nitrogens is 2. The van der Waals surface area contributed by atoms with Crippen LogP contribution in [0.25, 0.3) is 11.5 Å². The predicted octanol–water partition coefficient (Wildman–Crippen LogP) is 1.93. The fourth-order valence-corrected chi connectivity index (χ4v) is 3.31. The van der Waals surface area contributed by atoms with Crippen molar-refractivity contribution in [2.24, 2.45) is 0 Å². The zero-order valence-electron chi connectivity index (χ0n) is 9.86. The van der Waals surface area contributed by atoms with Crippen molar-refractivity contribution in [3.63, 3.8) is 0 Å². The molecule has 0 saturated carbocycles. The van der Waals surface area contributed by atoms with Gasteiger partial charge in [-0.25, -0.2) is 0 Å². The third-order valence-electron chi connectivity index (χ3n) is 2.98. The van der Waals surface area contributed by atoms with Crippen LogP contribution in [0.15, 0.2) is 4.52 Å². The third-order valence-corrected chi connectivity index (χ3v) is 4.10. The highest BCUT2D eigenvalue weighted by Gasteiger charge is 2.25. The molecule has 0 aliphatic heterocycles. The molecule has 3 rings (SSSR count). The van der Waals surface area contributed by atoms with E-state index in [1.54, 1.807) is 11.3 Å². The lowest BCUT2D eigenvalue weighted by molar-refractivity contribution is 0.431. The highest BCUT2D eigenvalue weighted by molar-refractivity contribution is 7.16. The van der Waals surface area contributed by atoms with Gasteiger partial charge in [-0.05, 0) is 30.0 Å². The molecule has 2 heterocycles. The van der Waals surface area contributed by atoms with Gasteiger partial charge in [0.05, 0.1) is 10.6 Å². The van der Waals surface area contributed by atoms with Gasteiger partial charge in [-0.3, -0.25) is 0 Å². The number of nitrogens with zero attached hydrogens (tertiary/aromatic N) is 3. The lowest BCUT2D eigenvalue weighted by Gasteiger charge is -2.02. The van der Waals surface area contributed by atoms with Crippen LogP contribution in [0.3, 0.4) is 0 Å². The maximum atomic E-state index is 6.05.